The van der Waals surface area contributed by atoms with E-state index in [-0.39, 0.29) is 18.0 Å². The van der Waals surface area contributed by atoms with Crippen LogP contribution in [0.25, 0.3) is 0 Å². The highest BCUT2D eigenvalue weighted by atomic mass is 32.1. The minimum Gasteiger partial charge on any atom is -0.307 e. The molecule has 2 aromatic rings. The summed E-state index contributed by atoms with van der Waals surface area (Å²) in [7, 11) is 0. The molecule has 0 N–H and O–H groups in total. The lowest BCUT2D eigenvalue weighted by Crippen LogP contribution is -2.39. The summed E-state index contributed by atoms with van der Waals surface area (Å²) in [5.41, 5.74) is 2.31. The zero-order valence-electron chi connectivity index (χ0n) is 10.7. The Kier molecular flexibility index (Phi) is 2.44. The van der Waals surface area contributed by atoms with Crippen LogP contribution < -0.4 is 4.90 Å². The molecule has 2 aliphatic heterocycles. The number of nitrogens with zero attached hydrogens (tertiary/aromatic N) is 2. The maximum absolute atomic E-state index is 12.5. The molecule has 2 aliphatic rings. The van der Waals surface area contributed by atoms with Crippen molar-refractivity contribution in [2.45, 2.75) is 19.0 Å². The number of rotatable bonds is 1. The molecule has 1 aromatic carbocycles. The van der Waals surface area contributed by atoms with E-state index in [1.807, 2.05) is 41.8 Å². The van der Waals surface area contributed by atoms with Crippen LogP contribution in [-0.2, 0) is 17.8 Å². The lowest BCUT2D eigenvalue weighted by Gasteiger charge is -2.28. The van der Waals surface area contributed by atoms with Crippen LogP contribution in [0.3, 0.4) is 0 Å². The molecule has 0 spiro atoms. The maximum Gasteiger partial charge on any atom is 0.333 e. The fraction of sp³-hybridized carbons (Fsp3) is 0.200. The summed E-state index contributed by atoms with van der Waals surface area (Å²) in [6.45, 7) is 0.521. The molecule has 4 rings (SSSR count). The van der Waals surface area contributed by atoms with Gasteiger partial charge in [0, 0.05) is 13.0 Å². The zero-order chi connectivity index (χ0) is 13.7. The standard InChI is InChI=1S/C15H12N2O2S/c18-14-12-8-10-4-1-2-5-11(10)9-16(12)15(19)17(14)13-6-3-7-20-13/h1-7,12H,8-9H2. The van der Waals surface area contributed by atoms with Crippen molar-refractivity contribution in [1.29, 1.82) is 0 Å². The first kappa shape index (κ1) is 11.7. The molecule has 100 valence electrons. The van der Waals surface area contributed by atoms with Gasteiger partial charge in [0.05, 0.1) is 0 Å². The quantitative estimate of drug-likeness (QED) is 0.755. The van der Waals surface area contributed by atoms with Gasteiger partial charge in [0.1, 0.15) is 11.0 Å². The van der Waals surface area contributed by atoms with Gasteiger partial charge in [0.25, 0.3) is 5.91 Å². The summed E-state index contributed by atoms with van der Waals surface area (Å²) in [6.07, 6.45) is 0.614. The summed E-state index contributed by atoms with van der Waals surface area (Å²) in [6, 6.07) is 11.1. The van der Waals surface area contributed by atoms with E-state index >= 15 is 0 Å². The van der Waals surface area contributed by atoms with Gasteiger partial charge in [-0.2, -0.15) is 0 Å². The number of imide groups is 1. The fourth-order valence-corrected chi connectivity index (χ4v) is 3.64. The lowest BCUT2D eigenvalue weighted by atomic mass is 9.95. The Morgan fingerprint density at radius 2 is 1.85 bits per heavy atom. The molecule has 1 unspecified atom stereocenters. The van der Waals surface area contributed by atoms with E-state index in [0.29, 0.717) is 18.0 Å². The first-order valence-corrected chi connectivity index (χ1v) is 7.38. The second-order valence-electron chi connectivity index (χ2n) is 5.02. The number of carbonyl (C=O) groups is 2. The van der Waals surface area contributed by atoms with E-state index in [9.17, 15) is 9.59 Å². The number of thiophene rings is 1. The highest BCUT2D eigenvalue weighted by Crippen LogP contribution is 2.34. The largest absolute Gasteiger partial charge is 0.333 e. The average Bonchev–Trinajstić information content (AvgIpc) is 3.06. The number of hydrogen-bond donors (Lipinski definition) is 0. The highest BCUT2D eigenvalue weighted by molar-refractivity contribution is 7.14. The highest BCUT2D eigenvalue weighted by Gasteiger charge is 2.48. The van der Waals surface area contributed by atoms with Crippen molar-refractivity contribution in [3.63, 3.8) is 0 Å². The molecule has 0 bridgehead atoms. The van der Waals surface area contributed by atoms with Gasteiger partial charge in [0.2, 0.25) is 0 Å². The summed E-state index contributed by atoms with van der Waals surface area (Å²) < 4.78 is 0. The summed E-state index contributed by atoms with van der Waals surface area (Å²) >= 11 is 1.41. The van der Waals surface area contributed by atoms with Crippen LogP contribution in [-0.4, -0.2) is 22.9 Å². The minimum absolute atomic E-state index is 0.105. The molecule has 0 saturated carbocycles. The van der Waals surface area contributed by atoms with Gasteiger partial charge in [-0.15, -0.1) is 11.3 Å². The molecule has 1 aromatic heterocycles. The molecule has 4 nitrogen and oxygen atoms in total. The molecule has 20 heavy (non-hydrogen) atoms. The van der Waals surface area contributed by atoms with Crippen LogP contribution in [0, 0.1) is 0 Å². The first-order chi connectivity index (χ1) is 9.75. The smallest absolute Gasteiger partial charge is 0.307 e. The van der Waals surface area contributed by atoms with Gasteiger partial charge in [-0.1, -0.05) is 24.3 Å². The number of fused-ring (bicyclic) bond motifs is 2. The number of hydrogen-bond acceptors (Lipinski definition) is 3. The van der Waals surface area contributed by atoms with Crippen molar-refractivity contribution in [3.8, 4) is 0 Å². The van der Waals surface area contributed by atoms with Gasteiger partial charge in [-0.05, 0) is 28.6 Å². The maximum atomic E-state index is 12.5. The van der Waals surface area contributed by atoms with Crippen molar-refractivity contribution < 1.29 is 9.59 Å². The molecular weight excluding hydrogens is 272 g/mol. The van der Waals surface area contributed by atoms with Gasteiger partial charge in [-0.3, -0.25) is 4.79 Å². The Balaban J connectivity index is 1.74. The first-order valence-electron chi connectivity index (χ1n) is 6.50. The molecule has 0 aliphatic carbocycles. The number of benzene rings is 1. The number of carbonyl (C=O) groups excluding carboxylic acids is 2. The topological polar surface area (TPSA) is 40.6 Å². The van der Waals surface area contributed by atoms with Crippen LogP contribution in [0.4, 0.5) is 9.80 Å². The third-order valence-electron chi connectivity index (χ3n) is 3.92. The normalized spacial score (nSPS) is 21.1. The van der Waals surface area contributed by atoms with Crippen LogP contribution in [0.15, 0.2) is 41.8 Å². The molecular formula is C15H12N2O2S. The third kappa shape index (κ3) is 1.53. The van der Waals surface area contributed by atoms with Crippen molar-refractivity contribution in [3.05, 3.63) is 52.9 Å². The number of anilines is 1. The van der Waals surface area contributed by atoms with E-state index in [2.05, 4.69) is 0 Å². The second kappa shape index (κ2) is 4.18. The van der Waals surface area contributed by atoms with Gasteiger partial charge < -0.3 is 4.90 Å². The molecule has 0 radical (unpaired) electrons. The number of amides is 3. The average molecular weight is 284 g/mol. The lowest BCUT2D eigenvalue weighted by molar-refractivity contribution is -0.119. The summed E-state index contributed by atoms with van der Waals surface area (Å²) in [5.74, 6) is -0.105. The fourth-order valence-electron chi connectivity index (χ4n) is 2.92. The minimum atomic E-state index is -0.348. The molecule has 1 fully saturated rings. The van der Waals surface area contributed by atoms with E-state index in [1.54, 1.807) is 4.90 Å². The van der Waals surface area contributed by atoms with Crippen molar-refractivity contribution in [2.24, 2.45) is 0 Å². The SMILES string of the molecule is O=C1C2Cc3ccccc3CN2C(=O)N1c1cccs1. The van der Waals surface area contributed by atoms with Crippen molar-refractivity contribution in [1.82, 2.24) is 4.90 Å². The predicted octanol–water partition coefficient (Wildman–Crippen LogP) is 2.64. The van der Waals surface area contributed by atoms with Crippen molar-refractivity contribution in [2.75, 3.05) is 4.90 Å². The Morgan fingerprint density at radius 3 is 2.60 bits per heavy atom. The molecule has 3 amide bonds. The van der Waals surface area contributed by atoms with E-state index in [4.69, 9.17) is 0 Å². The predicted molar refractivity (Wildman–Crippen MR) is 76.7 cm³/mol. The van der Waals surface area contributed by atoms with Crippen LogP contribution in [0.2, 0.25) is 0 Å². The summed E-state index contributed by atoms with van der Waals surface area (Å²) in [4.78, 5) is 28.0. The van der Waals surface area contributed by atoms with Gasteiger partial charge >= 0.3 is 6.03 Å². The molecule has 3 heterocycles. The van der Waals surface area contributed by atoms with E-state index in [0.717, 1.165) is 5.56 Å². The monoisotopic (exact) mass is 284 g/mol. The third-order valence-corrected chi connectivity index (χ3v) is 4.77. The Hall–Kier alpha value is -2.14. The Morgan fingerprint density at radius 1 is 1.05 bits per heavy atom. The van der Waals surface area contributed by atoms with Crippen LogP contribution in [0.5, 0.6) is 0 Å². The van der Waals surface area contributed by atoms with Gasteiger partial charge in [0.15, 0.2) is 0 Å². The zero-order valence-corrected chi connectivity index (χ0v) is 11.5. The second-order valence-corrected chi connectivity index (χ2v) is 5.95. The van der Waals surface area contributed by atoms with E-state index < -0.39 is 0 Å². The Bertz CT molecular complexity index is 653. The van der Waals surface area contributed by atoms with E-state index in [1.165, 1.54) is 21.8 Å². The van der Waals surface area contributed by atoms with Crippen molar-refractivity contribution >= 4 is 28.3 Å². The molecule has 1 atom stereocenters. The van der Waals surface area contributed by atoms with Crippen LogP contribution in [0.1, 0.15) is 11.1 Å². The molecule has 5 heteroatoms. The van der Waals surface area contributed by atoms with Gasteiger partial charge in [-0.25, -0.2) is 9.69 Å². The molecule has 1 saturated heterocycles. The van der Waals surface area contributed by atoms with Crippen LogP contribution >= 0.6 is 11.3 Å². The number of urea groups is 1. The summed E-state index contributed by atoms with van der Waals surface area (Å²) in [5, 5.41) is 2.58. The Labute approximate surface area is 120 Å².